The van der Waals surface area contributed by atoms with Gasteiger partial charge in [0.1, 0.15) is 11.9 Å². The molecule has 3 N–H and O–H groups in total. The van der Waals surface area contributed by atoms with Gasteiger partial charge in [0.25, 0.3) is 10.0 Å². The normalized spacial score (nSPS) is 16.5. The van der Waals surface area contributed by atoms with Crippen molar-refractivity contribution in [2.75, 3.05) is 5.32 Å². The highest BCUT2D eigenvalue weighted by Gasteiger charge is 2.32. The van der Waals surface area contributed by atoms with E-state index in [0.29, 0.717) is 11.3 Å². The number of aliphatic imine (C=N–C) groups is 1. The highest BCUT2D eigenvalue weighted by molar-refractivity contribution is 7.90. The molecule has 0 radical (unpaired) electrons. The van der Waals surface area contributed by atoms with Crippen molar-refractivity contribution in [3.05, 3.63) is 59.7 Å². The zero-order valence-electron chi connectivity index (χ0n) is 18.5. The molecule has 2 aromatic carbocycles. The molecule has 3 rings (SSSR count). The summed E-state index contributed by atoms with van der Waals surface area (Å²) in [5.74, 6) is -0.513. The molecule has 0 aromatic heterocycles. The van der Waals surface area contributed by atoms with Crippen LogP contribution in [0.25, 0.3) is 0 Å². The lowest BCUT2D eigenvalue weighted by Gasteiger charge is -2.17. The summed E-state index contributed by atoms with van der Waals surface area (Å²) in [4.78, 5) is 29.4. The maximum atomic E-state index is 12.9. The van der Waals surface area contributed by atoms with Crippen LogP contribution in [-0.4, -0.2) is 32.1 Å². The minimum Gasteiger partial charge on any atom is -0.350 e. The lowest BCUT2D eigenvalue weighted by molar-refractivity contribution is -0.123. The van der Waals surface area contributed by atoms with E-state index in [9.17, 15) is 18.0 Å². The third kappa shape index (κ3) is 5.34. The van der Waals surface area contributed by atoms with Crippen LogP contribution in [-0.2, 0) is 26.2 Å². The Morgan fingerprint density at radius 2 is 1.72 bits per heavy atom. The first-order chi connectivity index (χ1) is 15.1. The first-order valence-corrected chi connectivity index (χ1v) is 11.9. The fourth-order valence-electron chi connectivity index (χ4n) is 3.22. The van der Waals surface area contributed by atoms with Crippen molar-refractivity contribution in [1.82, 2.24) is 10.0 Å². The van der Waals surface area contributed by atoms with Gasteiger partial charge < -0.3 is 10.6 Å². The van der Waals surface area contributed by atoms with E-state index in [-0.39, 0.29) is 40.9 Å². The number of hydrogen-bond acceptors (Lipinski definition) is 5. The van der Waals surface area contributed by atoms with Gasteiger partial charge >= 0.3 is 0 Å². The molecule has 0 bridgehead atoms. The van der Waals surface area contributed by atoms with Crippen LogP contribution in [0.5, 0.6) is 0 Å². The summed E-state index contributed by atoms with van der Waals surface area (Å²) < 4.78 is 27.1. The number of nitrogens with zero attached hydrogens (tertiary/aromatic N) is 1. The summed E-state index contributed by atoms with van der Waals surface area (Å²) in [7, 11) is -3.68. The number of hydrogen-bond donors (Lipinski definition) is 3. The van der Waals surface area contributed by atoms with Gasteiger partial charge in [0.05, 0.1) is 4.90 Å². The van der Waals surface area contributed by atoms with Crippen LogP contribution in [0.3, 0.4) is 0 Å². The summed E-state index contributed by atoms with van der Waals surface area (Å²) in [6, 6.07) is 13.0. The zero-order chi connectivity index (χ0) is 23.5. The Kier molecular flexibility index (Phi) is 6.98. The van der Waals surface area contributed by atoms with Crippen LogP contribution >= 0.6 is 0 Å². The number of amidine groups is 1. The van der Waals surface area contributed by atoms with Gasteiger partial charge in [0, 0.05) is 23.7 Å². The summed E-state index contributed by atoms with van der Waals surface area (Å²) >= 11 is 0. The van der Waals surface area contributed by atoms with Gasteiger partial charge in [-0.3, -0.25) is 19.3 Å². The largest absolute Gasteiger partial charge is 0.350 e. The van der Waals surface area contributed by atoms with Crippen molar-refractivity contribution < 1.29 is 18.0 Å². The van der Waals surface area contributed by atoms with E-state index >= 15 is 0 Å². The molecule has 1 heterocycles. The van der Waals surface area contributed by atoms with Crippen molar-refractivity contribution in [3.63, 3.8) is 0 Å². The molecular formula is C23H28N4O4S. The number of rotatable bonds is 7. The predicted octanol–water partition coefficient (Wildman–Crippen LogP) is 2.66. The number of amides is 2. The molecule has 32 heavy (non-hydrogen) atoms. The molecule has 1 aliphatic heterocycles. The maximum absolute atomic E-state index is 12.9. The fourth-order valence-corrected chi connectivity index (χ4v) is 4.46. The lowest BCUT2D eigenvalue weighted by Crippen LogP contribution is -2.38. The molecule has 8 nitrogen and oxygen atoms in total. The second kappa shape index (κ2) is 9.52. The molecule has 0 saturated carbocycles. The Labute approximate surface area is 188 Å². The minimum absolute atomic E-state index is 0.0822. The first-order valence-electron chi connectivity index (χ1n) is 10.5. The minimum atomic E-state index is -3.68. The summed E-state index contributed by atoms with van der Waals surface area (Å²) in [5.41, 5.74) is 1.94. The van der Waals surface area contributed by atoms with Gasteiger partial charge in [-0.15, -0.1) is 0 Å². The number of sulfonamides is 1. The first kappa shape index (κ1) is 23.5. The molecule has 9 heteroatoms. The number of benzene rings is 2. The molecule has 0 spiro atoms. The van der Waals surface area contributed by atoms with Crippen LogP contribution in [0.2, 0.25) is 0 Å². The zero-order valence-corrected chi connectivity index (χ0v) is 19.4. The number of anilines is 1. The lowest BCUT2D eigenvalue weighted by atomic mass is 10.0. The van der Waals surface area contributed by atoms with Crippen LogP contribution < -0.4 is 15.4 Å². The fraction of sp³-hybridized carbons (Fsp3) is 0.348. The third-order valence-corrected chi connectivity index (χ3v) is 6.41. The quantitative estimate of drug-likeness (QED) is 0.594. The number of nitrogens with one attached hydrogen (secondary N) is 3. The summed E-state index contributed by atoms with van der Waals surface area (Å²) in [5, 5.41) is 5.70. The Hall–Kier alpha value is -3.20. The van der Waals surface area contributed by atoms with Gasteiger partial charge in [0.15, 0.2) is 0 Å². The van der Waals surface area contributed by atoms with Gasteiger partial charge in [-0.05, 0) is 35.7 Å². The number of fused-ring (bicyclic) bond motifs is 1. The molecule has 0 fully saturated rings. The molecule has 2 amide bonds. The monoisotopic (exact) mass is 456 g/mol. The van der Waals surface area contributed by atoms with E-state index < -0.39 is 16.1 Å². The topological polar surface area (TPSA) is 117 Å². The molecule has 2 aromatic rings. The summed E-state index contributed by atoms with van der Waals surface area (Å²) in [6.07, 6.45) is 0. The van der Waals surface area contributed by atoms with E-state index in [1.54, 1.807) is 30.3 Å². The molecule has 1 unspecified atom stereocenters. The maximum Gasteiger partial charge on any atom is 0.263 e. The predicted molar refractivity (Wildman–Crippen MR) is 124 cm³/mol. The average molecular weight is 457 g/mol. The van der Waals surface area contributed by atoms with Gasteiger partial charge in [-0.1, -0.05) is 52.0 Å². The standard InChI is InChI=1S/C23H28N4O4S/c1-14(2)20(26-21-18-10-5-6-11-19(18)32(30,31)27-21)23(29)24-13-16-8-7-9-17(12-16)25-22(28)15(3)4/h5-12,14-15,20H,13H2,1-4H3,(H,24,29)(H,25,28)(H,26,27). The van der Waals surface area contributed by atoms with E-state index in [1.165, 1.54) is 6.07 Å². The molecule has 170 valence electrons. The highest BCUT2D eigenvalue weighted by atomic mass is 32.2. The van der Waals surface area contributed by atoms with E-state index in [0.717, 1.165) is 5.56 Å². The molecule has 0 aliphatic carbocycles. The van der Waals surface area contributed by atoms with Crippen LogP contribution in [0.4, 0.5) is 5.69 Å². The second-order valence-corrected chi connectivity index (χ2v) is 9.98. The van der Waals surface area contributed by atoms with Crippen LogP contribution in [0.1, 0.15) is 38.8 Å². The number of carbonyl (C=O) groups is 2. The smallest absolute Gasteiger partial charge is 0.263 e. The Bertz CT molecular complexity index is 1160. The SMILES string of the molecule is CC(C)C(=O)Nc1cccc(CNC(=O)C(N=C2NS(=O)(=O)c3ccccc32)C(C)C)c1. The molecular weight excluding hydrogens is 428 g/mol. The number of carbonyl (C=O) groups excluding carboxylic acids is 2. The van der Waals surface area contributed by atoms with Crippen molar-refractivity contribution in [3.8, 4) is 0 Å². The molecule has 1 atom stereocenters. The Morgan fingerprint density at radius 1 is 1.00 bits per heavy atom. The van der Waals surface area contributed by atoms with Crippen molar-refractivity contribution >= 4 is 33.4 Å². The van der Waals surface area contributed by atoms with E-state index in [4.69, 9.17) is 0 Å². The van der Waals surface area contributed by atoms with Gasteiger partial charge in [-0.25, -0.2) is 8.42 Å². The molecule has 1 aliphatic rings. The van der Waals surface area contributed by atoms with Gasteiger partial charge in [-0.2, -0.15) is 0 Å². The third-order valence-electron chi connectivity index (χ3n) is 5.02. The Balaban J connectivity index is 1.74. The van der Waals surface area contributed by atoms with Crippen molar-refractivity contribution in [2.45, 2.75) is 45.2 Å². The van der Waals surface area contributed by atoms with Crippen molar-refractivity contribution in [2.24, 2.45) is 16.8 Å². The molecule has 0 saturated heterocycles. The van der Waals surface area contributed by atoms with Crippen LogP contribution in [0, 0.1) is 11.8 Å². The van der Waals surface area contributed by atoms with Gasteiger partial charge in [0.2, 0.25) is 11.8 Å². The summed E-state index contributed by atoms with van der Waals surface area (Å²) in [6.45, 7) is 7.59. The Morgan fingerprint density at radius 3 is 2.41 bits per heavy atom. The van der Waals surface area contributed by atoms with Crippen LogP contribution in [0.15, 0.2) is 58.4 Å². The second-order valence-electron chi connectivity index (χ2n) is 8.33. The van der Waals surface area contributed by atoms with E-state index in [1.807, 2.05) is 39.8 Å². The van der Waals surface area contributed by atoms with Crippen molar-refractivity contribution in [1.29, 1.82) is 0 Å². The average Bonchev–Trinajstić information content (AvgIpc) is 3.00. The van der Waals surface area contributed by atoms with E-state index in [2.05, 4.69) is 20.3 Å². The highest BCUT2D eigenvalue weighted by Crippen LogP contribution is 2.23.